The highest BCUT2D eigenvalue weighted by atomic mass is 19.1. The molecular weight excluding hydrogens is 331 g/mol. The van der Waals surface area contributed by atoms with Crippen LogP contribution in [0.15, 0.2) is 48.5 Å². The van der Waals surface area contributed by atoms with Crippen molar-refractivity contribution in [1.82, 2.24) is 0 Å². The Hall–Kier alpha value is -2.36. The summed E-state index contributed by atoms with van der Waals surface area (Å²) in [6, 6.07) is 14.3. The van der Waals surface area contributed by atoms with Crippen molar-refractivity contribution in [2.75, 3.05) is 6.61 Å². The molecule has 0 saturated carbocycles. The molecule has 140 valence electrons. The van der Waals surface area contributed by atoms with Gasteiger partial charge in [0.05, 0.1) is 12.2 Å². The number of hydrogen-bond acceptors (Lipinski definition) is 2. The number of benzene rings is 2. The zero-order valence-corrected chi connectivity index (χ0v) is 15.3. The van der Waals surface area contributed by atoms with Gasteiger partial charge in [0.25, 0.3) is 0 Å². The van der Waals surface area contributed by atoms with E-state index in [4.69, 9.17) is 9.84 Å². The lowest BCUT2D eigenvalue weighted by Crippen LogP contribution is -2.07. The molecule has 2 aromatic carbocycles. The Labute approximate surface area is 154 Å². The smallest absolute Gasteiger partial charge is 0.335 e. The fourth-order valence-electron chi connectivity index (χ4n) is 2.79. The van der Waals surface area contributed by atoms with Crippen molar-refractivity contribution in [3.63, 3.8) is 0 Å². The zero-order chi connectivity index (χ0) is 18.8. The second-order valence-corrected chi connectivity index (χ2v) is 6.49. The maximum Gasteiger partial charge on any atom is 0.335 e. The molecule has 0 bridgehead atoms. The SMILES string of the molecule is CCCCCCC(F)CCOc1ccc(-c2ccc(C(=O)O)cc2)cc1. The number of unbranched alkanes of at least 4 members (excludes halogenated alkanes) is 3. The molecule has 2 aromatic rings. The van der Waals surface area contributed by atoms with Crippen molar-refractivity contribution in [2.24, 2.45) is 0 Å². The summed E-state index contributed by atoms with van der Waals surface area (Å²) in [6.45, 7) is 2.53. The summed E-state index contributed by atoms with van der Waals surface area (Å²) in [4.78, 5) is 10.9. The van der Waals surface area contributed by atoms with Crippen LogP contribution in [0.5, 0.6) is 5.75 Å². The third-order valence-corrected chi connectivity index (χ3v) is 4.39. The fourth-order valence-corrected chi connectivity index (χ4v) is 2.79. The molecule has 1 unspecified atom stereocenters. The lowest BCUT2D eigenvalue weighted by Gasteiger charge is -2.10. The Morgan fingerprint density at radius 2 is 1.58 bits per heavy atom. The fraction of sp³-hybridized carbons (Fsp3) is 0.409. The molecule has 26 heavy (non-hydrogen) atoms. The van der Waals surface area contributed by atoms with E-state index >= 15 is 0 Å². The van der Waals surface area contributed by atoms with Gasteiger partial charge in [-0.1, -0.05) is 56.9 Å². The lowest BCUT2D eigenvalue weighted by atomic mass is 10.0. The number of alkyl halides is 1. The molecule has 3 nitrogen and oxygen atoms in total. The number of carbonyl (C=O) groups is 1. The molecule has 0 aromatic heterocycles. The van der Waals surface area contributed by atoms with Crippen LogP contribution in [0.1, 0.15) is 55.8 Å². The van der Waals surface area contributed by atoms with E-state index < -0.39 is 12.1 Å². The summed E-state index contributed by atoms with van der Waals surface area (Å²) in [6.07, 6.45) is 4.64. The Balaban J connectivity index is 1.77. The summed E-state index contributed by atoms with van der Waals surface area (Å²) in [5, 5.41) is 8.93. The quantitative estimate of drug-likeness (QED) is 0.492. The van der Waals surface area contributed by atoms with E-state index in [2.05, 4.69) is 6.92 Å². The Morgan fingerprint density at radius 3 is 2.15 bits per heavy atom. The van der Waals surface area contributed by atoms with Gasteiger partial charge in [-0.3, -0.25) is 0 Å². The third-order valence-electron chi connectivity index (χ3n) is 4.39. The van der Waals surface area contributed by atoms with Crippen LogP contribution in [-0.4, -0.2) is 23.9 Å². The molecule has 0 fully saturated rings. The monoisotopic (exact) mass is 358 g/mol. The van der Waals surface area contributed by atoms with Gasteiger partial charge < -0.3 is 9.84 Å². The van der Waals surface area contributed by atoms with Crippen molar-refractivity contribution in [1.29, 1.82) is 0 Å². The molecule has 1 N–H and O–H groups in total. The van der Waals surface area contributed by atoms with Crippen molar-refractivity contribution in [2.45, 2.75) is 51.6 Å². The van der Waals surface area contributed by atoms with Crippen LogP contribution in [-0.2, 0) is 0 Å². The van der Waals surface area contributed by atoms with Gasteiger partial charge in [0.1, 0.15) is 11.9 Å². The van der Waals surface area contributed by atoms with E-state index in [-0.39, 0.29) is 5.56 Å². The highest BCUT2D eigenvalue weighted by Gasteiger charge is 2.07. The number of halogens is 1. The van der Waals surface area contributed by atoms with Crippen LogP contribution in [0.4, 0.5) is 4.39 Å². The molecule has 2 rings (SSSR count). The summed E-state index contributed by atoms with van der Waals surface area (Å²) in [5.41, 5.74) is 2.19. The van der Waals surface area contributed by atoms with E-state index in [0.29, 0.717) is 25.2 Å². The summed E-state index contributed by atoms with van der Waals surface area (Å²) >= 11 is 0. The third kappa shape index (κ3) is 6.51. The topological polar surface area (TPSA) is 46.5 Å². The Kier molecular flexibility index (Phi) is 8.13. The molecule has 0 spiro atoms. The van der Waals surface area contributed by atoms with Gasteiger partial charge in [-0.15, -0.1) is 0 Å². The lowest BCUT2D eigenvalue weighted by molar-refractivity contribution is 0.0697. The molecule has 4 heteroatoms. The van der Waals surface area contributed by atoms with Gasteiger partial charge in [-0.05, 0) is 41.8 Å². The van der Waals surface area contributed by atoms with Crippen LogP contribution in [0.25, 0.3) is 11.1 Å². The molecule has 0 amide bonds. The maximum atomic E-state index is 13.8. The first-order valence-corrected chi connectivity index (χ1v) is 9.31. The predicted molar refractivity (Wildman–Crippen MR) is 103 cm³/mol. The van der Waals surface area contributed by atoms with Crippen molar-refractivity contribution in [3.05, 3.63) is 54.1 Å². The molecule has 0 saturated heterocycles. The van der Waals surface area contributed by atoms with Crippen molar-refractivity contribution in [3.8, 4) is 16.9 Å². The van der Waals surface area contributed by atoms with Crippen LogP contribution < -0.4 is 4.74 Å². The highest BCUT2D eigenvalue weighted by molar-refractivity contribution is 5.88. The van der Waals surface area contributed by atoms with Crippen LogP contribution in [0.3, 0.4) is 0 Å². The summed E-state index contributed by atoms with van der Waals surface area (Å²) < 4.78 is 19.4. The number of ether oxygens (including phenoxy) is 1. The van der Waals surface area contributed by atoms with Crippen molar-refractivity contribution < 1.29 is 19.0 Å². The maximum absolute atomic E-state index is 13.8. The van der Waals surface area contributed by atoms with E-state index in [1.165, 1.54) is 12.8 Å². The number of aromatic carboxylic acids is 1. The predicted octanol–water partition coefficient (Wildman–Crippen LogP) is 6.13. The zero-order valence-electron chi connectivity index (χ0n) is 15.3. The van der Waals surface area contributed by atoms with Gasteiger partial charge in [-0.2, -0.15) is 0 Å². The second-order valence-electron chi connectivity index (χ2n) is 6.49. The standard InChI is InChI=1S/C22H27FO3/c1-2-3-4-5-6-20(23)15-16-26-21-13-11-18(12-14-21)17-7-9-19(10-8-17)22(24)25/h7-14,20H,2-6,15-16H2,1H3,(H,24,25). The summed E-state index contributed by atoms with van der Waals surface area (Å²) in [5.74, 6) is -0.217. The van der Waals surface area contributed by atoms with E-state index in [1.807, 2.05) is 24.3 Å². The van der Waals surface area contributed by atoms with Gasteiger partial charge in [-0.25, -0.2) is 9.18 Å². The minimum atomic E-state index is -0.933. The highest BCUT2D eigenvalue weighted by Crippen LogP contribution is 2.23. The molecule has 1 atom stereocenters. The number of rotatable bonds is 11. The molecule has 0 aliphatic heterocycles. The van der Waals surface area contributed by atoms with Crippen molar-refractivity contribution >= 4 is 5.97 Å². The van der Waals surface area contributed by atoms with E-state index in [1.54, 1.807) is 24.3 Å². The second kappa shape index (κ2) is 10.6. The minimum absolute atomic E-state index is 0.268. The Bertz CT molecular complexity index is 665. The van der Waals surface area contributed by atoms with Crippen LogP contribution >= 0.6 is 0 Å². The minimum Gasteiger partial charge on any atom is -0.493 e. The summed E-state index contributed by atoms with van der Waals surface area (Å²) in [7, 11) is 0. The Morgan fingerprint density at radius 1 is 0.962 bits per heavy atom. The molecule has 0 aliphatic rings. The van der Waals surface area contributed by atoms with E-state index in [9.17, 15) is 9.18 Å². The van der Waals surface area contributed by atoms with Crippen LogP contribution in [0.2, 0.25) is 0 Å². The first-order valence-electron chi connectivity index (χ1n) is 9.31. The molecule has 0 radical (unpaired) electrons. The number of carboxylic acids is 1. The van der Waals surface area contributed by atoms with E-state index in [0.717, 1.165) is 24.0 Å². The van der Waals surface area contributed by atoms with Crippen LogP contribution in [0, 0.1) is 0 Å². The van der Waals surface area contributed by atoms with Gasteiger partial charge >= 0.3 is 5.97 Å². The van der Waals surface area contributed by atoms with Gasteiger partial charge in [0.2, 0.25) is 0 Å². The largest absolute Gasteiger partial charge is 0.493 e. The average Bonchev–Trinajstić information content (AvgIpc) is 2.66. The first-order chi connectivity index (χ1) is 12.6. The number of hydrogen-bond donors (Lipinski definition) is 1. The molecular formula is C22H27FO3. The first kappa shape index (κ1) is 20.0. The average molecular weight is 358 g/mol. The molecule has 0 aliphatic carbocycles. The normalized spacial score (nSPS) is 11.9. The molecule has 0 heterocycles. The van der Waals surface area contributed by atoms with Gasteiger partial charge in [0.15, 0.2) is 0 Å². The van der Waals surface area contributed by atoms with Gasteiger partial charge in [0, 0.05) is 6.42 Å². The number of carboxylic acid groups (broad SMARTS) is 1.